The Labute approximate surface area is 164 Å². The zero-order chi connectivity index (χ0) is 19.9. The number of nitrogens with zero attached hydrogens (tertiary/aromatic N) is 4. The van der Waals surface area contributed by atoms with Gasteiger partial charge in [-0.2, -0.15) is 27.8 Å². The molecule has 1 aliphatic carbocycles. The summed E-state index contributed by atoms with van der Waals surface area (Å²) in [6, 6.07) is 3.58. The van der Waals surface area contributed by atoms with Gasteiger partial charge in [-0.1, -0.05) is 30.9 Å². The number of hydrogen-bond acceptors (Lipinski definition) is 4. The van der Waals surface area contributed by atoms with E-state index in [9.17, 15) is 13.2 Å². The van der Waals surface area contributed by atoms with Crippen molar-refractivity contribution >= 4 is 28.9 Å². The Kier molecular flexibility index (Phi) is 4.91. The van der Waals surface area contributed by atoms with Crippen LogP contribution in [0.25, 0.3) is 5.65 Å². The molecule has 28 heavy (non-hydrogen) atoms. The van der Waals surface area contributed by atoms with Crippen molar-refractivity contribution in [2.24, 2.45) is 5.92 Å². The van der Waals surface area contributed by atoms with Crippen LogP contribution >= 0.6 is 11.6 Å². The summed E-state index contributed by atoms with van der Waals surface area (Å²) >= 11 is 5.75. The lowest BCUT2D eigenvalue weighted by Crippen LogP contribution is -2.12. The maximum atomic E-state index is 13.4. The Morgan fingerprint density at radius 1 is 1.25 bits per heavy atom. The van der Waals surface area contributed by atoms with Gasteiger partial charge < -0.3 is 5.32 Å². The van der Waals surface area contributed by atoms with Crippen molar-refractivity contribution in [1.29, 1.82) is 0 Å². The van der Waals surface area contributed by atoms with E-state index in [4.69, 9.17) is 11.6 Å². The summed E-state index contributed by atoms with van der Waals surface area (Å²) in [5.74, 6) is 1.49. The van der Waals surface area contributed by atoms with Gasteiger partial charge >= 0.3 is 6.18 Å². The maximum Gasteiger partial charge on any atom is 0.418 e. The van der Waals surface area contributed by atoms with Gasteiger partial charge in [0.15, 0.2) is 5.65 Å². The first-order chi connectivity index (χ1) is 13.3. The number of hydrogen-bond donors (Lipinski definition) is 1. The molecule has 0 spiro atoms. The van der Waals surface area contributed by atoms with Crippen LogP contribution in [0.15, 0.2) is 24.4 Å². The van der Waals surface area contributed by atoms with Crippen LogP contribution in [-0.4, -0.2) is 19.6 Å². The first-order valence-corrected chi connectivity index (χ1v) is 9.54. The molecule has 0 radical (unpaired) electrons. The zero-order valence-corrected chi connectivity index (χ0v) is 16.0. The molecule has 0 unspecified atom stereocenters. The van der Waals surface area contributed by atoms with Crippen LogP contribution in [0.4, 0.5) is 24.8 Å². The molecular weight excluding hydrogens is 391 g/mol. The third-order valence-electron chi connectivity index (χ3n) is 4.84. The van der Waals surface area contributed by atoms with Crippen molar-refractivity contribution in [3.05, 3.63) is 46.4 Å². The van der Waals surface area contributed by atoms with Crippen LogP contribution in [0.1, 0.15) is 42.6 Å². The molecule has 4 rings (SSSR count). The first kappa shape index (κ1) is 19.0. The lowest BCUT2D eigenvalue weighted by atomic mass is 10.1. The van der Waals surface area contributed by atoms with Gasteiger partial charge in [0.25, 0.3) is 0 Å². The number of nitrogens with one attached hydrogen (secondary N) is 1. The van der Waals surface area contributed by atoms with E-state index in [0.717, 1.165) is 30.4 Å². The third-order valence-corrected chi connectivity index (χ3v) is 5.08. The van der Waals surface area contributed by atoms with Gasteiger partial charge in [-0.15, -0.1) is 0 Å². The van der Waals surface area contributed by atoms with E-state index in [-0.39, 0.29) is 16.7 Å². The molecule has 0 saturated heterocycles. The van der Waals surface area contributed by atoms with Crippen LogP contribution in [0.3, 0.4) is 0 Å². The molecule has 9 heteroatoms. The number of benzene rings is 1. The third kappa shape index (κ3) is 4.06. The number of alkyl halides is 3. The Balaban J connectivity index is 1.67. The topological polar surface area (TPSA) is 55.1 Å². The smallest absolute Gasteiger partial charge is 0.323 e. The van der Waals surface area contributed by atoms with E-state index in [1.165, 1.54) is 35.9 Å². The molecule has 1 fully saturated rings. The second kappa shape index (κ2) is 7.24. The number of anilines is 2. The van der Waals surface area contributed by atoms with Gasteiger partial charge in [-0.25, -0.2) is 4.98 Å². The summed E-state index contributed by atoms with van der Waals surface area (Å²) in [5.41, 5.74) is 0.595. The van der Waals surface area contributed by atoms with E-state index in [0.29, 0.717) is 11.5 Å². The van der Waals surface area contributed by atoms with E-state index >= 15 is 0 Å². The van der Waals surface area contributed by atoms with Crippen molar-refractivity contribution in [3.8, 4) is 0 Å². The molecule has 2 heterocycles. The zero-order valence-electron chi connectivity index (χ0n) is 15.2. The lowest BCUT2D eigenvalue weighted by Gasteiger charge is -2.15. The fourth-order valence-corrected chi connectivity index (χ4v) is 3.43. The van der Waals surface area contributed by atoms with Crippen LogP contribution in [0.2, 0.25) is 5.02 Å². The summed E-state index contributed by atoms with van der Waals surface area (Å²) in [4.78, 5) is 8.69. The van der Waals surface area contributed by atoms with Crippen LogP contribution in [0, 0.1) is 12.8 Å². The average Bonchev–Trinajstić information content (AvgIpc) is 3.35. The minimum Gasteiger partial charge on any atom is -0.323 e. The predicted molar refractivity (Wildman–Crippen MR) is 101 cm³/mol. The fourth-order valence-electron chi connectivity index (χ4n) is 3.25. The van der Waals surface area contributed by atoms with E-state index in [1.807, 2.05) is 0 Å². The molecule has 0 amide bonds. The van der Waals surface area contributed by atoms with Crippen LogP contribution in [-0.2, 0) is 12.6 Å². The highest BCUT2D eigenvalue weighted by atomic mass is 35.5. The summed E-state index contributed by atoms with van der Waals surface area (Å²) < 4.78 is 41.6. The van der Waals surface area contributed by atoms with Crippen molar-refractivity contribution in [2.75, 3.05) is 5.32 Å². The molecule has 0 bridgehead atoms. The number of fused-ring (bicyclic) bond motifs is 1. The monoisotopic (exact) mass is 409 g/mol. The number of rotatable bonds is 6. The molecule has 1 N–H and O–H groups in total. The molecule has 148 valence electrons. The molecule has 5 nitrogen and oxygen atoms in total. The highest BCUT2D eigenvalue weighted by Crippen LogP contribution is 2.37. The number of aryl methyl sites for hydroxylation is 2. The lowest BCUT2D eigenvalue weighted by molar-refractivity contribution is -0.136. The van der Waals surface area contributed by atoms with Gasteiger partial charge in [0, 0.05) is 10.6 Å². The van der Waals surface area contributed by atoms with Crippen LogP contribution < -0.4 is 5.32 Å². The van der Waals surface area contributed by atoms with E-state index in [2.05, 4.69) is 20.4 Å². The maximum absolute atomic E-state index is 13.4. The van der Waals surface area contributed by atoms with Crippen molar-refractivity contribution in [3.63, 3.8) is 0 Å². The summed E-state index contributed by atoms with van der Waals surface area (Å²) in [5, 5.41) is 7.07. The first-order valence-electron chi connectivity index (χ1n) is 9.16. The highest BCUT2D eigenvalue weighted by molar-refractivity contribution is 6.30. The molecule has 0 atom stereocenters. The van der Waals surface area contributed by atoms with Gasteiger partial charge in [0.05, 0.1) is 17.4 Å². The Hall–Kier alpha value is -2.35. The molecule has 1 saturated carbocycles. The largest absolute Gasteiger partial charge is 0.418 e. The minimum absolute atomic E-state index is 0.0129. The quantitative estimate of drug-likeness (QED) is 0.577. The molecule has 0 aliphatic heterocycles. The van der Waals surface area contributed by atoms with E-state index in [1.54, 1.807) is 13.1 Å². The summed E-state index contributed by atoms with van der Waals surface area (Å²) in [6.07, 6.45) is 2.87. The van der Waals surface area contributed by atoms with Gasteiger partial charge in [-0.05, 0) is 43.9 Å². The second-order valence-corrected chi connectivity index (χ2v) is 7.58. The number of halogens is 4. The Morgan fingerprint density at radius 3 is 2.75 bits per heavy atom. The van der Waals surface area contributed by atoms with Gasteiger partial charge in [-0.3, -0.25) is 0 Å². The predicted octanol–water partition coefficient (Wildman–Crippen LogP) is 5.58. The Morgan fingerprint density at radius 2 is 2.04 bits per heavy atom. The molecule has 1 aromatic carbocycles. The van der Waals surface area contributed by atoms with Gasteiger partial charge in [0.1, 0.15) is 5.82 Å². The summed E-state index contributed by atoms with van der Waals surface area (Å²) in [6.45, 7) is 1.71. The standard InChI is InChI=1S/C19H19ClF3N5/c1-11-25-17-13(4-2-3-12-5-6-12)10-24-28(17)18(26-11)27-16-8-7-14(20)9-15(16)19(21,22)23/h7-10,12H,2-6H2,1H3,(H,25,26,27). The summed E-state index contributed by atoms with van der Waals surface area (Å²) in [7, 11) is 0. The van der Waals surface area contributed by atoms with Crippen molar-refractivity contribution in [1.82, 2.24) is 19.6 Å². The average molecular weight is 410 g/mol. The second-order valence-electron chi connectivity index (χ2n) is 7.15. The van der Waals surface area contributed by atoms with Crippen molar-refractivity contribution < 1.29 is 13.2 Å². The van der Waals surface area contributed by atoms with E-state index < -0.39 is 11.7 Å². The molecule has 1 aliphatic rings. The van der Waals surface area contributed by atoms with Crippen LogP contribution in [0.5, 0.6) is 0 Å². The fraction of sp³-hybridized carbons (Fsp3) is 0.421. The van der Waals surface area contributed by atoms with Crippen molar-refractivity contribution in [2.45, 2.75) is 45.2 Å². The molecular formula is C19H19ClF3N5. The normalized spacial score (nSPS) is 14.6. The Bertz CT molecular complexity index is 1010. The highest BCUT2D eigenvalue weighted by Gasteiger charge is 2.34. The van der Waals surface area contributed by atoms with Gasteiger partial charge in [0.2, 0.25) is 5.95 Å². The molecule has 3 aromatic rings. The minimum atomic E-state index is -4.55. The number of aromatic nitrogens is 4. The SMILES string of the molecule is Cc1nc(Nc2ccc(Cl)cc2C(F)(F)F)n2ncc(CCCC3CC3)c2n1. The molecule has 2 aromatic heterocycles.